The number of hydrogen-bond donors (Lipinski definition) is 3. The zero-order chi connectivity index (χ0) is 76.0. The summed E-state index contributed by atoms with van der Waals surface area (Å²) < 4.78 is 68.7. The van der Waals surface area contributed by atoms with Gasteiger partial charge in [-0.05, 0) is 128 Å². The van der Waals surface area contributed by atoms with Gasteiger partial charge in [-0.15, -0.1) is 0 Å². The van der Waals surface area contributed by atoms with E-state index >= 15 is 0 Å². The first kappa shape index (κ1) is 99.7. The Morgan fingerprint density at radius 3 is 0.779 bits per heavy atom. The summed E-state index contributed by atoms with van der Waals surface area (Å²) in [5.74, 6) is -2.21. The maximum atomic E-state index is 13.1. The molecule has 3 N–H and O–H groups in total. The van der Waals surface area contributed by atoms with Gasteiger partial charge in [0.15, 0.2) is 12.2 Å². The molecule has 0 aromatic carbocycles. The lowest BCUT2D eigenvalue weighted by atomic mass is 10.0. The molecule has 0 aliphatic rings. The molecule has 0 heterocycles. The maximum Gasteiger partial charge on any atom is 0.472 e. The molecular formula is C85H148O17P2. The van der Waals surface area contributed by atoms with E-state index in [9.17, 15) is 43.2 Å². The fraction of sp³-hybridized carbons (Fsp3) is 0.741. The van der Waals surface area contributed by atoms with Crippen LogP contribution in [0.4, 0.5) is 0 Å². The number of phosphoric acid groups is 2. The molecule has 5 unspecified atom stereocenters. The minimum Gasteiger partial charge on any atom is -0.462 e. The highest BCUT2D eigenvalue weighted by Gasteiger charge is 2.30. The van der Waals surface area contributed by atoms with Gasteiger partial charge >= 0.3 is 39.5 Å². The summed E-state index contributed by atoms with van der Waals surface area (Å²) in [5, 5.41) is 10.7. The number of esters is 4. The van der Waals surface area contributed by atoms with E-state index in [1.807, 2.05) is 0 Å². The highest BCUT2D eigenvalue weighted by atomic mass is 31.2. The van der Waals surface area contributed by atoms with E-state index in [0.717, 1.165) is 180 Å². The maximum absolute atomic E-state index is 13.1. The van der Waals surface area contributed by atoms with E-state index in [1.54, 1.807) is 0 Å². The predicted molar refractivity (Wildman–Crippen MR) is 427 cm³/mol. The van der Waals surface area contributed by atoms with Crippen molar-refractivity contribution in [3.05, 3.63) is 109 Å². The fourth-order valence-electron chi connectivity index (χ4n) is 11.0. The molecule has 0 amide bonds. The highest BCUT2D eigenvalue weighted by Crippen LogP contribution is 2.45. The third kappa shape index (κ3) is 75.9. The molecule has 0 radical (unpaired) electrons. The molecule has 0 saturated heterocycles. The van der Waals surface area contributed by atoms with Crippen LogP contribution in [0.2, 0.25) is 0 Å². The average molecular weight is 1500 g/mol. The minimum atomic E-state index is -4.99. The molecule has 0 fully saturated rings. The molecule has 0 rings (SSSR count). The second-order valence-electron chi connectivity index (χ2n) is 27.3. The van der Waals surface area contributed by atoms with Gasteiger partial charge in [-0.3, -0.25) is 37.3 Å². The number of rotatable bonds is 77. The Bertz CT molecular complexity index is 2390. The summed E-state index contributed by atoms with van der Waals surface area (Å²) in [6.07, 6.45) is 83.4. The van der Waals surface area contributed by atoms with Crippen molar-refractivity contribution in [3.8, 4) is 0 Å². The van der Waals surface area contributed by atoms with Crippen LogP contribution in [0.15, 0.2) is 109 Å². The number of unbranched alkanes of at least 4 members (excludes halogenated alkanes) is 33. The molecule has 19 heteroatoms. The van der Waals surface area contributed by atoms with Crippen LogP contribution in [0.1, 0.15) is 349 Å². The van der Waals surface area contributed by atoms with Crippen molar-refractivity contribution in [2.45, 2.75) is 367 Å². The highest BCUT2D eigenvalue weighted by molar-refractivity contribution is 7.47. The van der Waals surface area contributed by atoms with Crippen molar-refractivity contribution in [2.24, 2.45) is 0 Å². The second-order valence-corrected chi connectivity index (χ2v) is 30.2. The first-order valence-corrected chi connectivity index (χ1v) is 44.1. The van der Waals surface area contributed by atoms with Crippen LogP contribution in [0.25, 0.3) is 0 Å². The van der Waals surface area contributed by atoms with Crippen molar-refractivity contribution in [2.75, 3.05) is 39.6 Å². The van der Waals surface area contributed by atoms with Crippen molar-refractivity contribution < 1.29 is 80.2 Å². The largest absolute Gasteiger partial charge is 0.472 e. The standard InChI is InChI=1S/C85H148O17P2/c1-5-9-13-17-21-25-29-33-36-38-39-41-44-47-50-54-58-62-66-70-83(88)95-75-80(101-84(89)71-67-63-59-55-51-45-32-28-24-20-16-12-8-4)77-99-103(91,92)97-73-79(86)74-98-104(93,94)100-78-81(102-85(90)72-68-64-60-56-52-48-42-35-31-27-23-19-15-11-7-3)76-96-82(87)69-65-61-57-53-49-46-43-40-37-34-30-26-22-18-14-10-6-2/h9-10,13-14,21-22,25-26,33-37,39,41-43,46,79-81,86H,5-8,11-12,15-20,23-24,27-32,38,40,44-45,47-78H2,1-4H3,(H,91,92)(H,93,94)/b13-9-,14-10-,25-21-,26-22-,36-33-,37-34-,41-39-,42-35-,46-43-. The lowest BCUT2D eigenvalue weighted by Crippen LogP contribution is -2.30. The van der Waals surface area contributed by atoms with Gasteiger partial charge in [0.1, 0.15) is 19.3 Å². The van der Waals surface area contributed by atoms with Gasteiger partial charge in [0, 0.05) is 25.7 Å². The summed E-state index contributed by atoms with van der Waals surface area (Å²) in [4.78, 5) is 73.1. The van der Waals surface area contributed by atoms with Gasteiger partial charge in [0.25, 0.3) is 0 Å². The molecule has 0 spiro atoms. The van der Waals surface area contributed by atoms with Crippen LogP contribution < -0.4 is 0 Å². The summed E-state index contributed by atoms with van der Waals surface area (Å²) >= 11 is 0. The van der Waals surface area contributed by atoms with Crippen molar-refractivity contribution in [1.82, 2.24) is 0 Å². The molecule has 0 aromatic rings. The van der Waals surface area contributed by atoms with Crippen molar-refractivity contribution >= 4 is 39.5 Å². The first-order chi connectivity index (χ1) is 50.7. The summed E-state index contributed by atoms with van der Waals surface area (Å²) in [7, 11) is -9.97. The van der Waals surface area contributed by atoms with E-state index in [4.69, 9.17) is 37.0 Å². The predicted octanol–water partition coefficient (Wildman–Crippen LogP) is 24.1. The number of carbonyl (C=O) groups is 4. The fourth-order valence-corrected chi connectivity index (χ4v) is 12.6. The zero-order valence-electron chi connectivity index (χ0n) is 65.7. The molecule has 0 aliphatic carbocycles. The molecule has 0 saturated carbocycles. The van der Waals surface area contributed by atoms with E-state index in [2.05, 4.69) is 137 Å². The Labute approximate surface area is 632 Å². The van der Waals surface area contributed by atoms with Crippen LogP contribution >= 0.6 is 15.6 Å². The monoisotopic (exact) mass is 1500 g/mol. The number of hydrogen-bond acceptors (Lipinski definition) is 15. The smallest absolute Gasteiger partial charge is 0.462 e. The number of ether oxygens (including phenoxy) is 4. The molecule has 0 bridgehead atoms. The van der Waals surface area contributed by atoms with Gasteiger partial charge in [-0.25, -0.2) is 9.13 Å². The topological polar surface area (TPSA) is 237 Å². The van der Waals surface area contributed by atoms with Gasteiger partial charge < -0.3 is 33.8 Å². The minimum absolute atomic E-state index is 0.0794. The van der Waals surface area contributed by atoms with Crippen LogP contribution in [-0.2, 0) is 65.4 Å². The Morgan fingerprint density at radius 1 is 0.279 bits per heavy atom. The van der Waals surface area contributed by atoms with Gasteiger partial charge in [-0.2, -0.15) is 0 Å². The van der Waals surface area contributed by atoms with E-state index < -0.39 is 97.5 Å². The number of aliphatic hydroxyl groups excluding tert-OH is 1. The van der Waals surface area contributed by atoms with Crippen LogP contribution in [0.5, 0.6) is 0 Å². The molecule has 600 valence electrons. The van der Waals surface area contributed by atoms with Crippen LogP contribution in [0, 0.1) is 0 Å². The van der Waals surface area contributed by atoms with E-state index in [0.29, 0.717) is 25.7 Å². The third-order valence-electron chi connectivity index (χ3n) is 17.2. The Hall–Kier alpha value is -4.28. The Balaban J connectivity index is 5.36. The number of carbonyl (C=O) groups excluding carboxylic acids is 4. The van der Waals surface area contributed by atoms with E-state index in [-0.39, 0.29) is 25.7 Å². The number of allylic oxidation sites excluding steroid dienone is 18. The molecule has 17 nitrogen and oxygen atoms in total. The summed E-state index contributed by atoms with van der Waals surface area (Å²) in [6.45, 7) is 4.64. The van der Waals surface area contributed by atoms with Gasteiger partial charge in [0.2, 0.25) is 0 Å². The second kappa shape index (κ2) is 76.9. The lowest BCUT2D eigenvalue weighted by Gasteiger charge is -2.21. The molecule has 5 atom stereocenters. The average Bonchev–Trinajstić information content (AvgIpc) is 0.939. The SMILES string of the molecule is CC/C=C\C/C=C\C/C=C\C/C=C\CCCCCCCCC(=O)OCC(COP(=O)(O)OCC(O)COP(=O)(O)OCC(COC(=O)CCCCCC/C=C\C/C=C\C/C=C\C/C=C\CC)OC(=O)CCCCCCC/C=C\CCCCCCCC)OC(=O)CCCCCCCCCCCCCCC. The summed E-state index contributed by atoms with van der Waals surface area (Å²) in [6, 6.07) is 0. The van der Waals surface area contributed by atoms with Gasteiger partial charge in [-0.1, -0.05) is 304 Å². The molecule has 0 aliphatic heterocycles. The third-order valence-corrected chi connectivity index (χ3v) is 19.1. The van der Waals surface area contributed by atoms with Crippen molar-refractivity contribution in [3.63, 3.8) is 0 Å². The number of phosphoric ester groups is 2. The summed E-state index contributed by atoms with van der Waals surface area (Å²) in [5.41, 5.74) is 0. The normalized spacial score (nSPS) is 14.4. The lowest BCUT2D eigenvalue weighted by molar-refractivity contribution is -0.161. The Morgan fingerprint density at radius 2 is 0.500 bits per heavy atom. The number of aliphatic hydroxyl groups is 1. The Kier molecular flexibility index (Phi) is 73.7. The van der Waals surface area contributed by atoms with Gasteiger partial charge in [0.05, 0.1) is 26.4 Å². The van der Waals surface area contributed by atoms with Crippen molar-refractivity contribution in [1.29, 1.82) is 0 Å². The van der Waals surface area contributed by atoms with E-state index in [1.165, 1.54) is 89.9 Å². The quantitative estimate of drug-likeness (QED) is 0.0169. The van der Waals surface area contributed by atoms with Crippen LogP contribution in [0.3, 0.4) is 0 Å². The molecule has 0 aromatic heterocycles. The van der Waals surface area contributed by atoms with Crippen LogP contribution in [-0.4, -0.2) is 96.7 Å². The zero-order valence-corrected chi connectivity index (χ0v) is 67.5. The molecule has 104 heavy (non-hydrogen) atoms. The molecular weight excluding hydrogens is 1350 g/mol. The first-order valence-electron chi connectivity index (χ1n) is 41.1.